The first-order valence-electron chi connectivity index (χ1n) is 5.78. The number of nitrogens with zero attached hydrogens (tertiary/aromatic N) is 1. The number of nitro groups is 1. The van der Waals surface area contributed by atoms with Gasteiger partial charge in [-0.05, 0) is 19.9 Å². The maximum Gasteiger partial charge on any atom is 0.288 e. The van der Waals surface area contributed by atoms with Gasteiger partial charge in [0.05, 0.1) is 17.1 Å². The lowest BCUT2D eigenvalue weighted by Crippen LogP contribution is -2.36. The molecule has 19 heavy (non-hydrogen) atoms. The van der Waals surface area contributed by atoms with E-state index in [0.29, 0.717) is 13.2 Å². The second kappa shape index (κ2) is 7.06. The van der Waals surface area contributed by atoms with Crippen molar-refractivity contribution in [3.8, 4) is 0 Å². The molecule has 0 aliphatic carbocycles. The molecule has 0 aliphatic heterocycles. The molecule has 0 saturated carbocycles. The number of rotatable bonds is 6. The minimum absolute atomic E-state index is 0.0826. The molecule has 0 radical (unpaired) electrons. The van der Waals surface area contributed by atoms with Crippen LogP contribution in [-0.2, 0) is 4.74 Å². The third kappa shape index (κ3) is 4.18. The molecule has 1 N–H and O–H groups in total. The summed E-state index contributed by atoms with van der Waals surface area (Å²) in [6, 6.07) is 3.91. The minimum atomic E-state index is -0.622. The average Bonchev–Trinajstić information content (AvgIpc) is 2.36. The van der Waals surface area contributed by atoms with Crippen molar-refractivity contribution in [2.45, 2.75) is 19.9 Å². The highest BCUT2D eigenvalue weighted by Gasteiger charge is 2.20. The van der Waals surface area contributed by atoms with Gasteiger partial charge in [-0.2, -0.15) is 0 Å². The van der Waals surface area contributed by atoms with E-state index in [-0.39, 0.29) is 22.3 Å². The average molecular weight is 287 g/mol. The molecular weight excluding hydrogens is 272 g/mol. The van der Waals surface area contributed by atoms with Crippen LogP contribution in [0.3, 0.4) is 0 Å². The van der Waals surface area contributed by atoms with Crippen LogP contribution in [-0.4, -0.2) is 30.1 Å². The Balaban J connectivity index is 2.83. The number of halogens is 1. The zero-order valence-electron chi connectivity index (χ0n) is 10.7. The zero-order valence-corrected chi connectivity index (χ0v) is 11.4. The Hall–Kier alpha value is -1.66. The summed E-state index contributed by atoms with van der Waals surface area (Å²) in [7, 11) is 0. The molecule has 1 rings (SSSR count). The van der Waals surface area contributed by atoms with E-state index in [2.05, 4.69) is 5.32 Å². The van der Waals surface area contributed by atoms with Crippen molar-refractivity contribution in [3.05, 3.63) is 38.9 Å². The molecule has 0 fully saturated rings. The minimum Gasteiger partial charge on any atom is -0.380 e. The summed E-state index contributed by atoms with van der Waals surface area (Å²) in [6.45, 7) is 4.55. The molecule has 0 bridgehead atoms. The van der Waals surface area contributed by atoms with E-state index in [9.17, 15) is 14.9 Å². The number of hydrogen-bond acceptors (Lipinski definition) is 4. The largest absolute Gasteiger partial charge is 0.380 e. The molecule has 0 aromatic heterocycles. The summed E-state index contributed by atoms with van der Waals surface area (Å²) in [4.78, 5) is 22.0. The van der Waals surface area contributed by atoms with Gasteiger partial charge in [-0.1, -0.05) is 17.7 Å². The standard InChI is InChI=1S/C12H15ClN2O4/c1-3-19-7-8(2)14-12(16)9-5-4-6-10(11(9)13)15(17)18/h4-6,8H,3,7H2,1-2H3,(H,14,16). The lowest BCUT2D eigenvalue weighted by Gasteiger charge is -2.14. The van der Waals surface area contributed by atoms with E-state index < -0.39 is 10.8 Å². The van der Waals surface area contributed by atoms with Crippen molar-refractivity contribution in [2.24, 2.45) is 0 Å². The third-order valence-corrected chi connectivity index (χ3v) is 2.77. The quantitative estimate of drug-likeness (QED) is 0.643. The van der Waals surface area contributed by atoms with Crippen LogP contribution in [0.2, 0.25) is 5.02 Å². The monoisotopic (exact) mass is 286 g/mol. The number of hydrogen-bond donors (Lipinski definition) is 1. The fourth-order valence-corrected chi connectivity index (χ4v) is 1.75. The number of benzene rings is 1. The van der Waals surface area contributed by atoms with Gasteiger partial charge in [0.25, 0.3) is 11.6 Å². The van der Waals surface area contributed by atoms with E-state index in [0.717, 1.165) is 0 Å². The van der Waals surface area contributed by atoms with Crippen LogP contribution in [0.15, 0.2) is 18.2 Å². The lowest BCUT2D eigenvalue weighted by atomic mass is 10.1. The van der Waals surface area contributed by atoms with Gasteiger partial charge in [-0.15, -0.1) is 0 Å². The van der Waals surface area contributed by atoms with E-state index in [1.165, 1.54) is 18.2 Å². The topological polar surface area (TPSA) is 81.5 Å². The SMILES string of the molecule is CCOCC(C)NC(=O)c1cccc([N+](=O)[O-])c1Cl. The van der Waals surface area contributed by atoms with Crippen LogP contribution >= 0.6 is 11.6 Å². The maximum absolute atomic E-state index is 11.9. The molecule has 1 aromatic carbocycles. The predicted octanol–water partition coefficient (Wildman–Crippen LogP) is 2.40. The number of ether oxygens (including phenoxy) is 1. The Bertz CT molecular complexity index is 479. The Labute approximate surface area is 115 Å². The van der Waals surface area contributed by atoms with Crippen LogP contribution in [0, 0.1) is 10.1 Å². The first kappa shape index (κ1) is 15.4. The Morgan fingerprint density at radius 2 is 2.26 bits per heavy atom. The van der Waals surface area contributed by atoms with Crippen LogP contribution in [0.4, 0.5) is 5.69 Å². The van der Waals surface area contributed by atoms with E-state index in [1.54, 1.807) is 6.92 Å². The molecule has 1 unspecified atom stereocenters. The van der Waals surface area contributed by atoms with E-state index in [4.69, 9.17) is 16.3 Å². The van der Waals surface area contributed by atoms with E-state index in [1.807, 2.05) is 6.92 Å². The lowest BCUT2D eigenvalue weighted by molar-refractivity contribution is -0.384. The summed E-state index contributed by atoms with van der Waals surface area (Å²) in [5, 5.41) is 13.2. The molecule has 6 nitrogen and oxygen atoms in total. The Morgan fingerprint density at radius 3 is 2.84 bits per heavy atom. The van der Waals surface area contributed by atoms with Gasteiger partial charge in [-0.3, -0.25) is 14.9 Å². The molecule has 0 spiro atoms. The number of nitrogens with one attached hydrogen (secondary N) is 1. The maximum atomic E-state index is 11.9. The molecule has 1 atom stereocenters. The zero-order chi connectivity index (χ0) is 14.4. The predicted molar refractivity (Wildman–Crippen MR) is 71.5 cm³/mol. The first-order valence-corrected chi connectivity index (χ1v) is 6.16. The molecule has 104 valence electrons. The number of nitro benzene ring substituents is 1. The van der Waals surface area contributed by atoms with Crippen molar-refractivity contribution in [1.29, 1.82) is 0 Å². The molecule has 0 saturated heterocycles. The fourth-order valence-electron chi connectivity index (χ4n) is 1.47. The van der Waals surface area contributed by atoms with Gasteiger partial charge in [0.1, 0.15) is 5.02 Å². The molecular formula is C12H15ClN2O4. The normalized spacial score (nSPS) is 11.9. The van der Waals surface area contributed by atoms with Crippen molar-refractivity contribution in [1.82, 2.24) is 5.32 Å². The summed E-state index contributed by atoms with van der Waals surface area (Å²) in [5.41, 5.74) is -0.203. The Kier molecular flexibility index (Phi) is 5.72. The van der Waals surface area contributed by atoms with E-state index >= 15 is 0 Å². The smallest absolute Gasteiger partial charge is 0.288 e. The second-order valence-electron chi connectivity index (χ2n) is 3.93. The molecule has 1 amide bonds. The summed E-state index contributed by atoms with van der Waals surface area (Å²) in [6.07, 6.45) is 0. The molecule has 0 heterocycles. The van der Waals surface area contributed by atoms with Crippen LogP contribution < -0.4 is 5.32 Å². The molecule has 7 heteroatoms. The summed E-state index contributed by atoms with van der Waals surface area (Å²) in [5.74, 6) is -0.457. The van der Waals surface area contributed by atoms with Crippen LogP contribution in [0.5, 0.6) is 0 Å². The number of carbonyl (C=O) groups excluding carboxylic acids is 1. The van der Waals surface area contributed by atoms with Crippen molar-refractivity contribution in [2.75, 3.05) is 13.2 Å². The van der Waals surface area contributed by atoms with Gasteiger partial charge in [0.2, 0.25) is 0 Å². The number of amides is 1. The highest BCUT2D eigenvalue weighted by Crippen LogP contribution is 2.27. The van der Waals surface area contributed by atoms with Crippen molar-refractivity contribution < 1.29 is 14.5 Å². The first-order chi connectivity index (χ1) is 8.97. The number of carbonyl (C=O) groups is 1. The van der Waals surface area contributed by atoms with Gasteiger partial charge in [-0.25, -0.2) is 0 Å². The van der Waals surface area contributed by atoms with Gasteiger partial charge in [0, 0.05) is 18.7 Å². The van der Waals surface area contributed by atoms with Crippen LogP contribution in [0.25, 0.3) is 0 Å². The van der Waals surface area contributed by atoms with Gasteiger partial charge >= 0.3 is 0 Å². The van der Waals surface area contributed by atoms with Gasteiger partial charge < -0.3 is 10.1 Å². The molecule has 0 aliphatic rings. The fraction of sp³-hybridized carbons (Fsp3) is 0.417. The summed E-state index contributed by atoms with van der Waals surface area (Å²) < 4.78 is 5.17. The van der Waals surface area contributed by atoms with Crippen LogP contribution in [0.1, 0.15) is 24.2 Å². The third-order valence-electron chi connectivity index (χ3n) is 2.37. The Morgan fingerprint density at radius 1 is 1.58 bits per heavy atom. The highest BCUT2D eigenvalue weighted by atomic mass is 35.5. The highest BCUT2D eigenvalue weighted by molar-refractivity contribution is 6.35. The van der Waals surface area contributed by atoms with Crippen molar-refractivity contribution in [3.63, 3.8) is 0 Å². The molecule has 1 aromatic rings. The van der Waals surface area contributed by atoms with Crippen molar-refractivity contribution >= 4 is 23.2 Å². The second-order valence-corrected chi connectivity index (χ2v) is 4.31. The van der Waals surface area contributed by atoms with Gasteiger partial charge in [0.15, 0.2) is 0 Å². The summed E-state index contributed by atoms with van der Waals surface area (Å²) >= 11 is 5.85.